The highest BCUT2D eigenvalue weighted by atomic mass is 19.4. The second kappa shape index (κ2) is 8.32. The Bertz CT molecular complexity index is 1120. The lowest BCUT2D eigenvalue weighted by molar-refractivity contribution is -0.249. The summed E-state index contributed by atoms with van der Waals surface area (Å²) < 4.78 is 85.1. The molecule has 0 saturated heterocycles. The SMILES string of the molecule is C[C@@]1(c2cc(CC(=O)c3ncc(C(F)F)cc3N)ccc2F)CO[C@@](C)(C(F)(F)F)C(N)=N1. The van der Waals surface area contributed by atoms with Crippen molar-refractivity contribution in [2.24, 2.45) is 10.7 Å². The van der Waals surface area contributed by atoms with Gasteiger partial charge in [-0.2, -0.15) is 13.2 Å². The first-order valence-corrected chi connectivity index (χ1v) is 9.60. The van der Waals surface area contributed by atoms with E-state index in [1.165, 1.54) is 19.1 Å². The molecule has 33 heavy (non-hydrogen) atoms. The number of hydrogen-bond acceptors (Lipinski definition) is 6. The summed E-state index contributed by atoms with van der Waals surface area (Å²) in [5, 5.41) is 0. The molecule has 0 radical (unpaired) electrons. The molecule has 1 aliphatic rings. The quantitative estimate of drug-likeness (QED) is 0.502. The lowest BCUT2D eigenvalue weighted by atomic mass is 9.88. The highest BCUT2D eigenvalue weighted by molar-refractivity contribution is 6.00. The van der Waals surface area contributed by atoms with Gasteiger partial charge in [0.05, 0.1) is 12.3 Å². The lowest BCUT2D eigenvalue weighted by Crippen LogP contribution is -2.60. The van der Waals surface area contributed by atoms with E-state index in [2.05, 4.69) is 9.98 Å². The Labute approximate surface area is 184 Å². The Kier molecular flexibility index (Phi) is 6.18. The average Bonchev–Trinajstić information content (AvgIpc) is 2.71. The third kappa shape index (κ3) is 4.52. The minimum atomic E-state index is -4.83. The maximum Gasteiger partial charge on any atom is 0.424 e. The number of nitrogens with two attached hydrogens (primary N) is 2. The fourth-order valence-corrected chi connectivity index (χ4v) is 3.34. The third-order valence-corrected chi connectivity index (χ3v) is 5.47. The van der Waals surface area contributed by atoms with E-state index in [0.29, 0.717) is 0 Å². The van der Waals surface area contributed by atoms with Crippen molar-refractivity contribution in [3.8, 4) is 0 Å². The number of carbonyl (C=O) groups excluding carboxylic acids is 1. The normalized spacial score (nSPS) is 23.5. The lowest BCUT2D eigenvalue weighted by Gasteiger charge is -2.41. The second-order valence-corrected chi connectivity index (χ2v) is 8.01. The maximum atomic E-state index is 14.6. The number of pyridine rings is 1. The van der Waals surface area contributed by atoms with Crippen molar-refractivity contribution < 1.29 is 35.9 Å². The van der Waals surface area contributed by atoms with Crippen LogP contribution in [-0.4, -0.2) is 35.0 Å². The van der Waals surface area contributed by atoms with Crippen molar-refractivity contribution in [2.75, 3.05) is 12.3 Å². The summed E-state index contributed by atoms with van der Waals surface area (Å²) in [6.45, 7) is 1.46. The number of halogens is 6. The van der Waals surface area contributed by atoms with Crippen molar-refractivity contribution in [3.05, 3.63) is 58.7 Å². The molecule has 0 aliphatic carbocycles. The molecular formula is C21H20F6N4O2. The summed E-state index contributed by atoms with van der Waals surface area (Å²) in [5.74, 6) is -2.27. The van der Waals surface area contributed by atoms with Gasteiger partial charge in [0.15, 0.2) is 5.78 Å². The summed E-state index contributed by atoms with van der Waals surface area (Å²) in [6, 6.07) is 4.52. The van der Waals surface area contributed by atoms with E-state index >= 15 is 0 Å². The van der Waals surface area contributed by atoms with E-state index in [1.807, 2.05) is 0 Å². The monoisotopic (exact) mass is 474 g/mol. The molecule has 2 atom stereocenters. The Morgan fingerprint density at radius 1 is 1.21 bits per heavy atom. The number of aliphatic imine (C=N–C) groups is 1. The summed E-state index contributed by atoms with van der Waals surface area (Å²) in [4.78, 5) is 20.2. The summed E-state index contributed by atoms with van der Waals surface area (Å²) in [6.07, 6.45) is -7.13. The predicted molar refractivity (Wildman–Crippen MR) is 107 cm³/mol. The average molecular weight is 474 g/mol. The van der Waals surface area contributed by atoms with E-state index in [0.717, 1.165) is 25.3 Å². The molecule has 1 aliphatic heterocycles. The Balaban J connectivity index is 1.91. The van der Waals surface area contributed by atoms with Gasteiger partial charge in [-0.1, -0.05) is 6.07 Å². The van der Waals surface area contributed by atoms with Gasteiger partial charge >= 0.3 is 6.18 Å². The standard InChI is InChI=1S/C21H20F6N4O2/c1-19(9-33-20(2,18(29)31-19)21(25,26)27)12-5-10(3-4-13(12)22)6-15(32)16-14(28)7-11(8-30-16)17(23)24/h3-5,7-8,17H,6,9,28H2,1-2H3,(H2,29,31)/t19-,20+/m0/s1. The maximum absolute atomic E-state index is 14.6. The number of nitrogen functional groups attached to an aromatic ring is 1. The van der Waals surface area contributed by atoms with Crippen LogP contribution in [0, 0.1) is 5.82 Å². The van der Waals surface area contributed by atoms with Gasteiger partial charge < -0.3 is 16.2 Å². The molecule has 0 unspecified atom stereocenters. The zero-order chi connectivity index (χ0) is 24.8. The molecule has 0 saturated carbocycles. The molecule has 0 bridgehead atoms. The van der Waals surface area contributed by atoms with Gasteiger partial charge in [0, 0.05) is 23.7 Å². The number of Topliss-reactive ketones (excluding diaryl/α,β-unsaturated/α-hetero) is 1. The highest BCUT2D eigenvalue weighted by Crippen LogP contribution is 2.41. The van der Waals surface area contributed by atoms with E-state index in [1.54, 1.807) is 0 Å². The predicted octanol–water partition coefficient (Wildman–Crippen LogP) is 4.09. The van der Waals surface area contributed by atoms with Gasteiger partial charge in [0.1, 0.15) is 22.9 Å². The Morgan fingerprint density at radius 3 is 2.42 bits per heavy atom. The Hall–Kier alpha value is -3.15. The van der Waals surface area contributed by atoms with Crippen molar-refractivity contribution in [3.63, 3.8) is 0 Å². The fraction of sp³-hybridized carbons (Fsp3) is 0.381. The number of benzene rings is 1. The topological polar surface area (TPSA) is 104 Å². The number of amidine groups is 1. The number of anilines is 1. The molecule has 4 N–H and O–H groups in total. The Morgan fingerprint density at radius 2 is 1.88 bits per heavy atom. The number of nitrogens with zero attached hydrogens (tertiary/aromatic N) is 2. The molecular weight excluding hydrogens is 454 g/mol. The van der Waals surface area contributed by atoms with Gasteiger partial charge in [0.25, 0.3) is 6.43 Å². The van der Waals surface area contributed by atoms with Gasteiger partial charge in [0.2, 0.25) is 5.60 Å². The van der Waals surface area contributed by atoms with Crippen LogP contribution in [-0.2, 0) is 16.7 Å². The van der Waals surface area contributed by atoms with Crippen LogP contribution in [0.5, 0.6) is 0 Å². The van der Waals surface area contributed by atoms with Gasteiger partial charge in [-0.15, -0.1) is 0 Å². The van der Waals surface area contributed by atoms with Crippen LogP contribution in [0.25, 0.3) is 0 Å². The van der Waals surface area contributed by atoms with Gasteiger partial charge in [-0.05, 0) is 37.6 Å². The number of hydrogen-bond donors (Lipinski definition) is 2. The number of aromatic nitrogens is 1. The number of carbonyl (C=O) groups is 1. The summed E-state index contributed by atoms with van der Waals surface area (Å²) >= 11 is 0. The van der Waals surface area contributed by atoms with Crippen LogP contribution in [0.4, 0.5) is 32.0 Å². The summed E-state index contributed by atoms with van der Waals surface area (Å²) in [7, 11) is 0. The van der Waals surface area contributed by atoms with Gasteiger partial charge in [-0.3, -0.25) is 14.8 Å². The zero-order valence-corrected chi connectivity index (χ0v) is 17.5. The van der Waals surface area contributed by atoms with Crippen LogP contribution in [0.1, 0.15) is 47.5 Å². The smallest absolute Gasteiger partial charge is 0.397 e. The van der Waals surface area contributed by atoms with E-state index in [4.69, 9.17) is 16.2 Å². The fourth-order valence-electron chi connectivity index (χ4n) is 3.34. The van der Waals surface area contributed by atoms with Gasteiger partial charge in [-0.25, -0.2) is 13.2 Å². The largest absolute Gasteiger partial charge is 0.424 e. The van der Waals surface area contributed by atoms with Crippen molar-refractivity contribution in [1.82, 2.24) is 4.98 Å². The molecule has 3 rings (SSSR count). The van der Waals surface area contributed by atoms with Crippen LogP contribution in [0.3, 0.4) is 0 Å². The number of alkyl halides is 5. The number of rotatable bonds is 5. The molecule has 178 valence electrons. The number of ketones is 1. The minimum Gasteiger partial charge on any atom is -0.397 e. The zero-order valence-electron chi connectivity index (χ0n) is 17.5. The molecule has 12 heteroatoms. The van der Waals surface area contributed by atoms with Crippen LogP contribution in [0.2, 0.25) is 0 Å². The third-order valence-electron chi connectivity index (χ3n) is 5.47. The number of ether oxygens (including phenoxy) is 1. The van der Waals surface area contributed by atoms with Crippen molar-refractivity contribution in [2.45, 2.75) is 44.0 Å². The van der Waals surface area contributed by atoms with E-state index < -0.39 is 53.3 Å². The first kappa shape index (κ1) is 24.5. The van der Waals surface area contributed by atoms with Crippen LogP contribution in [0.15, 0.2) is 35.5 Å². The molecule has 6 nitrogen and oxygen atoms in total. The first-order valence-electron chi connectivity index (χ1n) is 9.60. The molecule has 2 heterocycles. The molecule has 1 aromatic heterocycles. The van der Waals surface area contributed by atoms with Crippen molar-refractivity contribution >= 4 is 17.3 Å². The summed E-state index contributed by atoms with van der Waals surface area (Å²) in [5.41, 5.74) is 6.04. The first-order chi connectivity index (χ1) is 15.2. The molecule has 0 spiro atoms. The molecule has 2 aromatic rings. The molecule has 0 fully saturated rings. The minimum absolute atomic E-state index is 0.131. The van der Waals surface area contributed by atoms with Crippen LogP contribution < -0.4 is 11.5 Å². The van der Waals surface area contributed by atoms with E-state index in [-0.39, 0.29) is 28.9 Å². The van der Waals surface area contributed by atoms with Crippen LogP contribution >= 0.6 is 0 Å². The molecule has 1 aromatic carbocycles. The molecule has 0 amide bonds. The van der Waals surface area contributed by atoms with Crippen molar-refractivity contribution in [1.29, 1.82) is 0 Å². The second-order valence-electron chi connectivity index (χ2n) is 8.01. The van der Waals surface area contributed by atoms with E-state index in [9.17, 15) is 31.1 Å². The highest BCUT2D eigenvalue weighted by Gasteiger charge is 2.59.